The average Bonchev–Trinajstić information content (AvgIpc) is 2.12. The molecule has 0 aromatic heterocycles. The molecule has 0 heterocycles. The van der Waals surface area contributed by atoms with Crippen molar-refractivity contribution in [2.45, 2.75) is 26.7 Å². The molecule has 1 aromatic carbocycles. The Kier molecular flexibility index (Phi) is 1.92. The molecule has 0 fully saturated rings. The number of aryl methyl sites for hydroxylation is 1. The Morgan fingerprint density at radius 3 is 2.83 bits per heavy atom. The highest BCUT2D eigenvalue weighted by Crippen LogP contribution is 2.34. The van der Waals surface area contributed by atoms with Crippen LogP contribution in [0.5, 0.6) is 0 Å². The van der Waals surface area contributed by atoms with E-state index < -0.39 is 0 Å². The maximum Gasteiger partial charge on any atom is 0.00499 e. The van der Waals surface area contributed by atoms with Crippen molar-refractivity contribution in [1.82, 2.24) is 0 Å². The second-order valence-electron chi connectivity index (χ2n) is 3.78. The van der Waals surface area contributed by atoms with Gasteiger partial charge in [0.1, 0.15) is 0 Å². The maximum absolute atomic E-state index is 2.32. The van der Waals surface area contributed by atoms with Gasteiger partial charge in [0.2, 0.25) is 0 Å². The fraction of sp³-hybridized carbons (Fsp3) is 0.417. The van der Waals surface area contributed by atoms with Crippen LogP contribution < -0.4 is 0 Å². The van der Waals surface area contributed by atoms with Crippen molar-refractivity contribution in [1.29, 1.82) is 0 Å². The number of hydrogen-bond acceptors (Lipinski definition) is 0. The summed E-state index contributed by atoms with van der Waals surface area (Å²) in [5.74, 6) is 2.34. The van der Waals surface area contributed by atoms with Gasteiger partial charge in [0.05, 0.1) is 0 Å². The van der Waals surface area contributed by atoms with E-state index in [4.69, 9.17) is 0 Å². The third-order valence-electron chi connectivity index (χ3n) is 3.03. The zero-order chi connectivity index (χ0) is 8.55. The minimum Gasteiger partial charge on any atom is -0.0620 e. The molecule has 0 aliphatic heterocycles. The highest BCUT2D eigenvalue weighted by atomic mass is 14.3. The van der Waals surface area contributed by atoms with Gasteiger partial charge < -0.3 is 0 Å². The Bertz CT molecular complexity index is 275. The summed E-state index contributed by atoms with van der Waals surface area (Å²) >= 11 is 0. The molecule has 1 unspecified atom stereocenters. The van der Waals surface area contributed by atoms with Crippen molar-refractivity contribution < 1.29 is 0 Å². The zero-order valence-electron chi connectivity index (χ0n) is 7.80. The molecule has 63 valence electrons. The first kappa shape index (κ1) is 7.85. The Morgan fingerprint density at radius 1 is 1.25 bits per heavy atom. The molecule has 0 N–H and O–H groups in total. The van der Waals surface area contributed by atoms with Gasteiger partial charge in [-0.25, -0.2) is 0 Å². The Balaban J connectivity index is 2.42. The molecule has 2 rings (SSSR count). The minimum absolute atomic E-state index is 0.778. The van der Waals surface area contributed by atoms with E-state index in [1.165, 1.54) is 24.0 Å². The molecule has 0 nitrogen and oxygen atoms in total. The van der Waals surface area contributed by atoms with E-state index in [1.807, 2.05) is 0 Å². The second-order valence-corrected chi connectivity index (χ2v) is 3.78. The fourth-order valence-electron chi connectivity index (χ4n) is 1.98. The van der Waals surface area contributed by atoms with Crippen LogP contribution in [0.2, 0.25) is 0 Å². The summed E-state index contributed by atoms with van der Waals surface area (Å²) in [6, 6.07) is 8.79. The third kappa shape index (κ3) is 1.16. The molecule has 0 saturated carbocycles. The maximum atomic E-state index is 2.32. The van der Waals surface area contributed by atoms with Crippen molar-refractivity contribution in [2.24, 2.45) is 5.92 Å². The van der Waals surface area contributed by atoms with Crippen LogP contribution in [-0.2, 0) is 6.42 Å². The largest absolute Gasteiger partial charge is 0.0620 e. The average molecular weight is 159 g/mol. The van der Waals surface area contributed by atoms with Gasteiger partial charge in [-0.05, 0) is 29.9 Å². The topological polar surface area (TPSA) is 0 Å². The van der Waals surface area contributed by atoms with E-state index in [1.54, 1.807) is 5.92 Å². The van der Waals surface area contributed by atoms with E-state index in [0.717, 1.165) is 5.92 Å². The number of benzene rings is 1. The molecule has 0 bridgehead atoms. The summed E-state index contributed by atoms with van der Waals surface area (Å²) in [5.41, 5.74) is 3.03. The number of rotatable bonds is 0. The second kappa shape index (κ2) is 2.93. The van der Waals surface area contributed by atoms with Gasteiger partial charge in [-0.1, -0.05) is 38.1 Å². The van der Waals surface area contributed by atoms with E-state index >= 15 is 0 Å². The normalized spacial score (nSPS) is 23.7. The lowest BCUT2D eigenvalue weighted by atomic mass is 9.77. The summed E-state index contributed by atoms with van der Waals surface area (Å²) in [6.07, 6.45) is 2.58. The lowest BCUT2D eigenvalue weighted by Crippen LogP contribution is -2.16. The van der Waals surface area contributed by atoms with Crippen LogP contribution in [0.25, 0.3) is 0 Å². The molecule has 1 radical (unpaired) electrons. The van der Waals surface area contributed by atoms with Crippen LogP contribution in [-0.4, -0.2) is 0 Å². The quantitative estimate of drug-likeness (QED) is 0.545. The van der Waals surface area contributed by atoms with Crippen molar-refractivity contribution in [3.05, 3.63) is 41.3 Å². The molecule has 0 heteroatoms. The molecular weight excluding hydrogens is 144 g/mol. The van der Waals surface area contributed by atoms with Gasteiger partial charge in [0.15, 0.2) is 0 Å². The first-order valence-electron chi connectivity index (χ1n) is 4.71. The smallest absolute Gasteiger partial charge is 0.00499 e. The summed E-state index contributed by atoms with van der Waals surface area (Å²) in [6.45, 7) is 4.59. The molecule has 1 aliphatic carbocycles. The van der Waals surface area contributed by atoms with Crippen molar-refractivity contribution >= 4 is 0 Å². The van der Waals surface area contributed by atoms with Crippen LogP contribution in [0.4, 0.5) is 0 Å². The molecular formula is C12H15. The molecule has 0 amide bonds. The zero-order valence-corrected chi connectivity index (χ0v) is 7.80. The molecule has 1 aliphatic rings. The lowest BCUT2D eigenvalue weighted by molar-refractivity contribution is 0.537. The van der Waals surface area contributed by atoms with Crippen LogP contribution in [0.1, 0.15) is 31.4 Å². The summed E-state index contributed by atoms with van der Waals surface area (Å²) in [4.78, 5) is 0. The Labute approximate surface area is 74.6 Å². The third-order valence-corrected chi connectivity index (χ3v) is 3.03. The SMILES string of the molecule is C[C]1c2ccccc2CCC1C. The summed E-state index contributed by atoms with van der Waals surface area (Å²) in [5, 5.41) is 0. The van der Waals surface area contributed by atoms with Crippen molar-refractivity contribution in [2.75, 3.05) is 0 Å². The van der Waals surface area contributed by atoms with Gasteiger partial charge in [0, 0.05) is 5.92 Å². The lowest BCUT2D eigenvalue weighted by Gasteiger charge is -2.27. The highest BCUT2D eigenvalue weighted by Gasteiger charge is 2.22. The van der Waals surface area contributed by atoms with Gasteiger partial charge in [-0.3, -0.25) is 0 Å². The van der Waals surface area contributed by atoms with Crippen LogP contribution in [0.3, 0.4) is 0 Å². The standard InChI is InChI=1S/C12H15/c1-9-7-8-11-5-3-4-6-12(11)10(9)2/h3-6,9H,7-8H2,1-2H3. The predicted molar refractivity (Wildman–Crippen MR) is 51.9 cm³/mol. The molecule has 0 saturated heterocycles. The van der Waals surface area contributed by atoms with Gasteiger partial charge >= 0.3 is 0 Å². The van der Waals surface area contributed by atoms with E-state index in [9.17, 15) is 0 Å². The van der Waals surface area contributed by atoms with Gasteiger partial charge in [-0.2, -0.15) is 0 Å². The molecule has 1 atom stereocenters. The fourth-order valence-corrected chi connectivity index (χ4v) is 1.98. The number of fused-ring (bicyclic) bond motifs is 1. The van der Waals surface area contributed by atoms with Crippen molar-refractivity contribution in [3.63, 3.8) is 0 Å². The highest BCUT2D eigenvalue weighted by molar-refractivity contribution is 5.40. The minimum atomic E-state index is 0.778. The van der Waals surface area contributed by atoms with E-state index in [-0.39, 0.29) is 0 Å². The number of hydrogen-bond donors (Lipinski definition) is 0. The summed E-state index contributed by atoms with van der Waals surface area (Å²) in [7, 11) is 0. The molecule has 1 aromatic rings. The van der Waals surface area contributed by atoms with E-state index in [0.29, 0.717) is 0 Å². The first-order valence-corrected chi connectivity index (χ1v) is 4.71. The van der Waals surface area contributed by atoms with Crippen LogP contribution >= 0.6 is 0 Å². The molecule has 0 spiro atoms. The van der Waals surface area contributed by atoms with Crippen LogP contribution in [0.15, 0.2) is 24.3 Å². The van der Waals surface area contributed by atoms with Crippen molar-refractivity contribution in [3.8, 4) is 0 Å². The molecule has 12 heavy (non-hydrogen) atoms. The predicted octanol–water partition coefficient (Wildman–Crippen LogP) is 3.21. The Morgan fingerprint density at radius 2 is 2.00 bits per heavy atom. The van der Waals surface area contributed by atoms with E-state index in [2.05, 4.69) is 38.1 Å². The van der Waals surface area contributed by atoms with Crippen LogP contribution in [0, 0.1) is 11.8 Å². The Hall–Kier alpha value is -0.780. The monoisotopic (exact) mass is 159 g/mol. The van der Waals surface area contributed by atoms with Gasteiger partial charge in [0.25, 0.3) is 0 Å². The van der Waals surface area contributed by atoms with Gasteiger partial charge in [-0.15, -0.1) is 0 Å². The summed E-state index contributed by atoms with van der Waals surface area (Å²) < 4.78 is 0. The first-order chi connectivity index (χ1) is 5.79.